The maximum Gasteiger partial charge on any atom is 0.251 e. The minimum Gasteiger partial charge on any atom is -0.352 e. The minimum atomic E-state index is -0.0441. The normalized spacial score (nSPS) is 10.7. The molecule has 0 radical (unpaired) electrons. The van der Waals surface area contributed by atoms with Crippen LogP contribution in [0.3, 0.4) is 0 Å². The SMILES string of the molecule is CCNC(=O)c1ccc(-c2cc3cccnc3[nH]2)cc1. The van der Waals surface area contributed by atoms with Crippen LogP contribution in [0.4, 0.5) is 0 Å². The van der Waals surface area contributed by atoms with Crippen molar-refractivity contribution in [2.45, 2.75) is 6.92 Å². The summed E-state index contributed by atoms with van der Waals surface area (Å²) >= 11 is 0. The minimum absolute atomic E-state index is 0.0441. The molecule has 0 saturated heterocycles. The van der Waals surface area contributed by atoms with Crippen LogP contribution >= 0.6 is 0 Å². The molecule has 2 aromatic heterocycles. The number of rotatable bonds is 3. The van der Waals surface area contributed by atoms with Crippen LogP contribution in [0, 0.1) is 0 Å². The predicted molar refractivity (Wildman–Crippen MR) is 79.5 cm³/mol. The van der Waals surface area contributed by atoms with Gasteiger partial charge in [0, 0.05) is 29.4 Å². The van der Waals surface area contributed by atoms with E-state index in [1.54, 1.807) is 6.20 Å². The van der Waals surface area contributed by atoms with Crippen molar-refractivity contribution >= 4 is 16.9 Å². The number of aromatic nitrogens is 2. The molecule has 0 atom stereocenters. The van der Waals surface area contributed by atoms with E-state index in [9.17, 15) is 4.79 Å². The molecule has 0 bridgehead atoms. The molecule has 0 fully saturated rings. The summed E-state index contributed by atoms with van der Waals surface area (Å²) in [6, 6.07) is 13.5. The first kappa shape index (κ1) is 12.4. The lowest BCUT2D eigenvalue weighted by atomic mass is 10.1. The van der Waals surface area contributed by atoms with Gasteiger partial charge in [-0.1, -0.05) is 12.1 Å². The molecular weight excluding hydrogens is 250 g/mol. The fraction of sp³-hybridized carbons (Fsp3) is 0.125. The van der Waals surface area contributed by atoms with Crippen molar-refractivity contribution in [3.8, 4) is 11.3 Å². The number of carbonyl (C=O) groups excluding carboxylic acids is 1. The molecule has 0 spiro atoms. The summed E-state index contributed by atoms with van der Waals surface area (Å²) in [5.41, 5.74) is 3.58. The van der Waals surface area contributed by atoms with E-state index in [0.717, 1.165) is 22.3 Å². The van der Waals surface area contributed by atoms with Crippen molar-refractivity contribution in [2.24, 2.45) is 0 Å². The second-order valence-corrected chi connectivity index (χ2v) is 4.56. The topological polar surface area (TPSA) is 57.8 Å². The summed E-state index contributed by atoms with van der Waals surface area (Å²) in [6.45, 7) is 2.54. The van der Waals surface area contributed by atoms with Crippen LogP contribution in [0.1, 0.15) is 17.3 Å². The number of nitrogens with zero attached hydrogens (tertiary/aromatic N) is 1. The number of benzene rings is 1. The number of carbonyl (C=O) groups is 1. The number of hydrogen-bond acceptors (Lipinski definition) is 2. The third kappa shape index (κ3) is 2.28. The fourth-order valence-corrected chi connectivity index (χ4v) is 2.18. The van der Waals surface area contributed by atoms with Gasteiger partial charge in [0.1, 0.15) is 5.65 Å². The van der Waals surface area contributed by atoms with Gasteiger partial charge in [-0.05, 0) is 42.8 Å². The smallest absolute Gasteiger partial charge is 0.251 e. The van der Waals surface area contributed by atoms with Crippen LogP contribution in [0.15, 0.2) is 48.7 Å². The second kappa shape index (κ2) is 5.17. The van der Waals surface area contributed by atoms with Gasteiger partial charge in [-0.3, -0.25) is 4.79 Å². The first-order chi connectivity index (χ1) is 9.78. The van der Waals surface area contributed by atoms with Crippen molar-refractivity contribution in [1.29, 1.82) is 0 Å². The highest BCUT2D eigenvalue weighted by molar-refractivity contribution is 5.94. The van der Waals surface area contributed by atoms with Gasteiger partial charge < -0.3 is 10.3 Å². The fourth-order valence-electron chi connectivity index (χ4n) is 2.18. The lowest BCUT2D eigenvalue weighted by Crippen LogP contribution is -2.22. The number of fused-ring (bicyclic) bond motifs is 1. The number of H-pyrrole nitrogens is 1. The molecule has 3 rings (SSSR count). The van der Waals surface area contributed by atoms with Gasteiger partial charge >= 0.3 is 0 Å². The molecule has 0 aliphatic heterocycles. The van der Waals surface area contributed by atoms with Gasteiger partial charge in [0.15, 0.2) is 0 Å². The van der Waals surface area contributed by atoms with Gasteiger partial charge in [-0.25, -0.2) is 4.98 Å². The number of hydrogen-bond donors (Lipinski definition) is 2. The van der Waals surface area contributed by atoms with Crippen LogP contribution in [0.25, 0.3) is 22.3 Å². The third-order valence-corrected chi connectivity index (χ3v) is 3.19. The van der Waals surface area contributed by atoms with Gasteiger partial charge in [-0.15, -0.1) is 0 Å². The Labute approximate surface area is 116 Å². The lowest BCUT2D eigenvalue weighted by Gasteiger charge is -2.03. The number of aromatic amines is 1. The molecular formula is C16H15N3O. The van der Waals surface area contributed by atoms with E-state index in [2.05, 4.69) is 21.4 Å². The monoisotopic (exact) mass is 265 g/mol. The van der Waals surface area contributed by atoms with Crippen molar-refractivity contribution in [1.82, 2.24) is 15.3 Å². The molecule has 0 aliphatic carbocycles. The van der Waals surface area contributed by atoms with E-state index < -0.39 is 0 Å². The number of nitrogens with one attached hydrogen (secondary N) is 2. The number of amides is 1. The molecule has 0 saturated carbocycles. The Morgan fingerprint density at radius 3 is 2.75 bits per heavy atom. The third-order valence-electron chi connectivity index (χ3n) is 3.19. The van der Waals surface area contributed by atoms with E-state index in [1.165, 1.54) is 0 Å². The highest BCUT2D eigenvalue weighted by Crippen LogP contribution is 2.23. The largest absolute Gasteiger partial charge is 0.352 e. The number of pyridine rings is 1. The van der Waals surface area contributed by atoms with Crippen molar-refractivity contribution in [2.75, 3.05) is 6.54 Å². The predicted octanol–water partition coefficient (Wildman–Crippen LogP) is 2.98. The highest BCUT2D eigenvalue weighted by Gasteiger charge is 2.06. The Balaban J connectivity index is 1.92. The summed E-state index contributed by atoms with van der Waals surface area (Å²) in [6.07, 6.45) is 1.76. The Morgan fingerprint density at radius 2 is 2.05 bits per heavy atom. The molecule has 0 unspecified atom stereocenters. The molecule has 2 heterocycles. The maximum absolute atomic E-state index is 11.7. The molecule has 100 valence electrons. The Hall–Kier alpha value is -2.62. The molecule has 4 nitrogen and oxygen atoms in total. The Bertz CT molecular complexity index is 711. The van der Waals surface area contributed by atoms with Crippen LogP contribution < -0.4 is 5.32 Å². The quantitative estimate of drug-likeness (QED) is 0.765. The lowest BCUT2D eigenvalue weighted by molar-refractivity contribution is 0.0956. The maximum atomic E-state index is 11.7. The summed E-state index contributed by atoms with van der Waals surface area (Å²) in [4.78, 5) is 19.3. The summed E-state index contributed by atoms with van der Waals surface area (Å²) in [5.74, 6) is -0.0441. The van der Waals surface area contributed by atoms with Gasteiger partial charge in [-0.2, -0.15) is 0 Å². The highest BCUT2D eigenvalue weighted by atomic mass is 16.1. The van der Waals surface area contributed by atoms with Gasteiger partial charge in [0.25, 0.3) is 5.91 Å². The van der Waals surface area contributed by atoms with Crippen LogP contribution in [0.2, 0.25) is 0 Å². The van der Waals surface area contributed by atoms with Crippen molar-refractivity contribution in [3.63, 3.8) is 0 Å². The van der Waals surface area contributed by atoms with E-state index in [0.29, 0.717) is 12.1 Å². The van der Waals surface area contributed by atoms with Crippen LogP contribution in [-0.2, 0) is 0 Å². The second-order valence-electron chi connectivity index (χ2n) is 4.56. The first-order valence-electron chi connectivity index (χ1n) is 6.60. The standard InChI is InChI=1S/C16H15N3O/c1-2-17-16(20)12-7-5-11(6-8-12)14-10-13-4-3-9-18-15(13)19-14/h3-10H,2H2,1H3,(H,17,20)(H,18,19). The molecule has 2 N–H and O–H groups in total. The molecule has 0 aliphatic rings. The zero-order valence-corrected chi connectivity index (χ0v) is 11.2. The van der Waals surface area contributed by atoms with Gasteiger partial charge in [0.2, 0.25) is 0 Å². The first-order valence-corrected chi connectivity index (χ1v) is 6.60. The van der Waals surface area contributed by atoms with E-state index in [-0.39, 0.29) is 5.91 Å². The average molecular weight is 265 g/mol. The molecule has 1 aromatic carbocycles. The zero-order valence-electron chi connectivity index (χ0n) is 11.2. The van der Waals surface area contributed by atoms with Crippen molar-refractivity contribution < 1.29 is 4.79 Å². The van der Waals surface area contributed by atoms with Crippen LogP contribution in [0.5, 0.6) is 0 Å². The summed E-state index contributed by atoms with van der Waals surface area (Å²) < 4.78 is 0. The van der Waals surface area contributed by atoms with Crippen molar-refractivity contribution in [3.05, 3.63) is 54.2 Å². The average Bonchev–Trinajstić information content (AvgIpc) is 2.91. The van der Waals surface area contributed by atoms with Gasteiger partial charge in [0.05, 0.1) is 0 Å². The Morgan fingerprint density at radius 1 is 1.25 bits per heavy atom. The Kier molecular flexibility index (Phi) is 3.21. The molecule has 20 heavy (non-hydrogen) atoms. The zero-order chi connectivity index (χ0) is 13.9. The van der Waals surface area contributed by atoms with E-state index >= 15 is 0 Å². The van der Waals surface area contributed by atoms with E-state index in [4.69, 9.17) is 0 Å². The molecule has 4 heteroatoms. The van der Waals surface area contributed by atoms with E-state index in [1.807, 2.05) is 43.3 Å². The molecule has 1 amide bonds. The molecule has 3 aromatic rings. The van der Waals surface area contributed by atoms with Crippen LogP contribution in [-0.4, -0.2) is 22.4 Å². The summed E-state index contributed by atoms with van der Waals surface area (Å²) in [7, 11) is 0. The summed E-state index contributed by atoms with van der Waals surface area (Å²) in [5, 5.41) is 3.86.